The number of piperidine rings is 1. The van der Waals surface area contributed by atoms with Gasteiger partial charge < -0.3 is 10.6 Å². The van der Waals surface area contributed by atoms with Gasteiger partial charge in [0.1, 0.15) is 0 Å². The van der Waals surface area contributed by atoms with Crippen LogP contribution in [0.5, 0.6) is 0 Å². The number of nitrogens with zero attached hydrogens (tertiary/aromatic N) is 4. The van der Waals surface area contributed by atoms with E-state index >= 15 is 0 Å². The van der Waals surface area contributed by atoms with Crippen LogP contribution in [0.25, 0.3) is 5.95 Å². The Morgan fingerprint density at radius 2 is 1.79 bits per heavy atom. The topological polar surface area (TPSA) is 127 Å². The summed E-state index contributed by atoms with van der Waals surface area (Å²) in [5, 5.41) is 4.52. The molecule has 0 saturated carbocycles. The molecule has 29 heavy (non-hydrogen) atoms. The second-order valence-corrected chi connectivity index (χ2v) is 7.72. The van der Waals surface area contributed by atoms with Crippen LogP contribution < -0.4 is 11.3 Å². The van der Waals surface area contributed by atoms with Crippen LogP contribution >= 0.6 is 0 Å². The first kappa shape index (κ1) is 20.8. The average molecular weight is 400 g/mol. The van der Waals surface area contributed by atoms with Gasteiger partial charge in [0, 0.05) is 42.4 Å². The molecule has 0 unspecified atom stereocenters. The Kier molecular flexibility index (Phi) is 5.86. The van der Waals surface area contributed by atoms with E-state index in [1.54, 1.807) is 23.4 Å². The van der Waals surface area contributed by atoms with Gasteiger partial charge in [-0.05, 0) is 52.5 Å². The number of aromatic nitrogens is 4. The third-order valence-corrected chi connectivity index (χ3v) is 5.86. The van der Waals surface area contributed by atoms with E-state index in [0.717, 1.165) is 17.0 Å². The van der Waals surface area contributed by atoms with Crippen LogP contribution in [-0.2, 0) is 16.0 Å². The normalized spacial score (nSPS) is 15.0. The van der Waals surface area contributed by atoms with Crippen molar-refractivity contribution in [3.05, 3.63) is 38.6 Å². The van der Waals surface area contributed by atoms with Crippen molar-refractivity contribution in [1.29, 1.82) is 0 Å². The number of amides is 2. The highest BCUT2D eigenvalue weighted by Gasteiger charge is 2.26. The van der Waals surface area contributed by atoms with Crippen LogP contribution in [0.4, 0.5) is 0 Å². The molecule has 9 heteroatoms. The maximum absolute atomic E-state index is 12.6. The van der Waals surface area contributed by atoms with E-state index in [9.17, 15) is 14.4 Å². The monoisotopic (exact) mass is 400 g/mol. The zero-order valence-corrected chi connectivity index (χ0v) is 17.4. The first-order chi connectivity index (χ1) is 13.7. The Morgan fingerprint density at radius 1 is 1.14 bits per heavy atom. The Bertz CT molecular complexity index is 998. The molecule has 0 bridgehead atoms. The fraction of sp³-hybridized carbons (Fsp3) is 0.550. The number of carbonyl (C=O) groups is 2. The van der Waals surface area contributed by atoms with Gasteiger partial charge in [-0.15, -0.1) is 0 Å². The van der Waals surface area contributed by atoms with Crippen LogP contribution in [0.1, 0.15) is 47.5 Å². The van der Waals surface area contributed by atoms with Crippen molar-refractivity contribution in [2.75, 3.05) is 13.1 Å². The lowest BCUT2D eigenvalue weighted by atomic mass is 9.96. The van der Waals surface area contributed by atoms with E-state index < -0.39 is 0 Å². The largest absolute Gasteiger partial charge is 0.369 e. The summed E-state index contributed by atoms with van der Waals surface area (Å²) in [7, 11) is 0. The van der Waals surface area contributed by atoms with Crippen LogP contribution in [-0.4, -0.2) is 49.6 Å². The maximum Gasteiger partial charge on any atom is 0.255 e. The minimum absolute atomic E-state index is 0.0668. The number of H-pyrrole nitrogens is 1. The lowest BCUT2D eigenvalue weighted by Crippen LogP contribution is -2.41. The smallest absolute Gasteiger partial charge is 0.255 e. The molecule has 0 aliphatic carbocycles. The van der Waals surface area contributed by atoms with E-state index in [0.29, 0.717) is 56.0 Å². The predicted molar refractivity (Wildman–Crippen MR) is 108 cm³/mol. The summed E-state index contributed by atoms with van der Waals surface area (Å²) in [5.74, 6) is 0.0325. The number of carbonyl (C=O) groups excluding carboxylic acids is 2. The third kappa shape index (κ3) is 4.23. The van der Waals surface area contributed by atoms with Gasteiger partial charge in [-0.1, -0.05) is 0 Å². The molecule has 0 spiro atoms. The number of primary amides is 1. The summed E-state index contributed by atoms with van der Waals surface area (Å²) in [6.07, 6.45) is 2.18. The summed E-state index contributed by atoms with van der Waals surface area (Å²) < 4.78 is 1.63. The lowest BCUT2D eigenvalue weighted by molar-refractivity contribution is -0.134. The summed E-state index contributed by atoms with van der Waals surface area (Å²) in [5.41, 5.74) is 9.06. The molecule has 1 saturated heterocycles. The molecule has 0 radical (unpaired) electrons. The fourth-order valence-corrected chi connectivity index (χ4v) is 3.78. The molecule has 3 rings (SSSR count). The molecule has 0 atom stereocenters. The Hall–Kier alpha value is -2.97. The quantitative estimate of drug-likeness (QED) is 0.769. The van der Waals surface area contributed by atoms with E-state index in [1.165, 1.54) is 0 Å². The first-order valence-corrected chi connectivity index (χ1v) is 9.89. The molecule has 1 aliphatic heterocycles. The molecule has 3 N–H and O–H groups in total. The molecule has 3 heterocycles. The minimum atomic E-state index is -0.284. The van der Waals surface area contributed by atoms with Crippen LogP contribution in [0.3, 0.4) is 0 Å². The standard InChI is InChI=1S/C20H28N6O3/c1-11-12(2)22-20(23-19(11)29)26-14(4)16(13(3)24-26)5-6-17(27)25-9-7-15(8-10-25)18(21)28/h15H,5-10H2,1-4H3,(H2,21,28)(H,22,23,29). The molecule has 156 valence electrons. The third-order valence-electron chi connectivity index (χ3n) is 5.86. The Balaban J connectivity index is 1.71. The zero-order chi connectivity index (χ0) is 21.3. The SMILES string of the molecule is Cc1nn(-c2nc(C)c(C)c(=O)[nH]2)c(C)c1CCC(=O)N1CCC(C(N)=O)CC1. The molecule has 1 aliphatic rings. The van der Waals surface area contributed by atoms with E-state index in [-0.39, 0.29) is 23.3 Å². The molecule has 2 aromatic heterocycles. The number of hydrogen-bond donors (Lipinski definition) is 2. The highest BCUT2D eigenvalue weighted by atomic mass is 16.2. The highest BCUT2D eigenvalue weighted by molar-refractivity contribution is 5.79. The van der Waals surface area contributed by atoms with E-state index in [2.05, 4.69) is 15.1 Å². The van der Waals surface area contributed by atoms with Gasteiger partial charge in [0.2, 0.25) is 17.8 Å². The first-order valence-electron chi connectivity index (χ1n) is 9.89. The van der Waals surface area contributed by atoms with Gasteiger partial charge in [0.05, 0.1) is 5.69 Å². The van der Waals surface area contributed by atoms with Crippen LogP contribution in [0, 0.1) is 33.6 Å². The number of aromatic amines is 1. The van der Waals surface area contributed by atoms with E-state index in [1.807, 2.05) is 13.8 Å². The number of likely N-dealkylation sites (tertiary alicyclic amines) is 1. The van der Waals surface area contributed by atoms with Gasteiger partial charge in [0.15, 0.2) is 0 Å². The van der Waals surface area contributed by atoms with Gasteiger partial charge in [-0.2, -0.15) is 5.10 Å². The predicted octanol–water partition coefficient (Wildman–Crippen LogP) is 0.846. The van der Waals surface area contributed by atoms with Crippen LogP contribution in [0.15, 0.2) is 4.79 Å². The summed E-state index contributed by atoms with van der Waals surface area (Å²) in [6.45, 7) is 8.46. The molecule has 9 nitrogen and oxygen atoms in total. The molecule has 2 amide bonds. The molecule has 2 aromatic rings. The average Bonchev–Trinajstić information content (AvgIpc) is 2.97. The van der Waals surface area contributed by atoms with Crippen molar-refractivity contribution in [1.82, 2.24) is 24.6 Å². The molecule has 1 fully saturated rings. The second kappa shape index (κ2) is 8.18. The van der Waals surface area contributed by atoms with Crippen molar-refractivity contribution >= 4 is 11.8 Å². The van der Waals surface area contributed by atoms with Gasteiger partial charge >= 0.3 is 0 Å². The number of aryl methyl sites for hydroxylation is 2. The van der Waals surface area contributed by atoms with E-state index in [4.69, 9.17) is 5.73 Å². The Labute approximate surface area is 169 Å². The minimum Gasteiger partial charge on any atom is -0.369 e. The number of hydrogen-bond acceptors (Lipinski definition) is 5. The van der Waals surface area contributed by atoms with Crippen molar-refractivity contribution < 1.29 is 9.59 Å². The van der Waals surface area contributed by atoms with Crippen molar-refractivity contribution in [3.63, 3.8) is 0 Å². The lowest BCUT2D eigenvalue weighted by Gasteiger charge is -2.30. The fourth-order valence-electron chi connectivity index (χ4n) is 3.78. The number of nitrogens with two attached hydrogens (primary N) is 1. The zero-order valence-electron chi connectivity index (χ0n) is 17.4. The van der Waals surface area contributed by atoms with Crippen molar-refractivity contribution in [2.24, 2.45) is 11.7 Å². The molecular formula is C20H28N6O3. The Morgan fingerprint density at radius 3 is 2.38 bits per heavy atom. The summed E-state index contributed by atoms with van der Waals surface area (Å²) >= 11 is 0. The van der Waals surface area contributed by atoms with Crippen LogP contribution in [0.2, 0.25) is 0 Å². The molecule has 0 aromatic carbocycles. The maximum atomic E-state index is 12.6. The van der Waals surface area contributed by atoms with Crippen molar-refractivity contribution in [3.8, 4) is 5.95 Å². The van der Waals surface area contributed by atoms with Gasteiger partial charge in [-0.3, -0.25) is 19.4 Å². The number of rotatable bonds is 5. The van der Waals surface area contributed by atoms with Gasteiger partial charge in [-0.25, -0.2) is 9.67 Å². The van der Waals surface area contributed by atoms with Gasteiger partial charge in [0.25, 0.3) is 5.56 Å². The molecular weight excluding hydrogens is 372 g/mol. The van der Waals surface area contributed by atoms with Crippen molar-refractivity contribution in [2.45, 2.75) is 53.4 Å². The highest BCUT2D eigenvalue weighted by Crippen LogP contribution is 2.20. The summed E-state index contributed by atoms with van der Waals surface area (Å²) in [4.78, 5) is 45.0. The number of nitrogens with one attached hydrogen (secondary N) is 1. The second-order valence-electron chi connectivity index (χ2n) is 7.72. The summed E-state index contributed by atoms with van der Waals surface area (Å²) in [6, 6.07) is 0.